The molecule has 1 aromatic rings. The van der Waals surface area contributed by atoms with Crippen molar-refractivity contribution >= 4 is 27.6 Å². The van der Waals surface area contributed by atoms with Crippen LogP contribution in [0.2, 0.25) is 0 Å². The molecule has 0 aliphatic carbocycles. The molecule has 1 aliphatic rings. The van der Waals surface area contributed by atoms with Gasteiger partial charge in [0, 0.05) is 7.05 Å². The SMILES string of the molecule is Cn1cnnc1SCC(=O)O[C@H]1CCS(=O)(=O)C1. The van der Waals surface area contributed by atoms with Gasteiger partial charge in [-0.1, -0.05) is 11.8 Å². The number of sulfone groups is 1. The second-order valence-corrected chi connectivity index (χ2v) is 7.20. The number of nitrogens with zero attached hydrogens (tertiary/aromatic N) is 3. The Hall–Kier alpha value is -1.09. The Balaban J connectivity index is 1.78. The lowest BCUT2D eigenvalue weighted by molar-refractivity contribution is -0.144. The molecule has 1 fully saturated rings. The lowest BCUT2D eigenvalue weighted by atomic mass is 10.3. The van der Waals surface area contributed by atoms with Crippen molar-refractivity contribution in [1.29, 1.82) is 0 Å². The average molecular weight is 291 g/mol. The Morgan fingerprint density at radius 2 is 2.44 bits per heavy atom. The highest BCUT2D eigenvalue weighted by atomic mass is 32.2. The standard InChI is InChI=1S/C9H13N3O4S2/c1-12-6-10-11-9(12)17-4-8(13)16-7-2-3-18(14,15)5-7/h6-7H,2-5H2,1H3/t7-/m0/s1. The lowest BCUT2D eigenvalue weighted by Crippen LogP contribution is -2.20. The molecule has 1 atom stereocenters. The van der Waals surface area contributed by atoms with Crippen molar-refractivity contribution in [1.82, 2.24) is 14.8 Å². The van der Waals surface area contributed by atoms with Crippen molar-refractivity contribution in [3.8, 4) is 0 Å². The predicted octanol–water partition coefficient (Wildman–Crippen LogP) is -0.363. The van der Waals surface area contributed by atoms with Crippen molar-refractivity contribution in [2.75, 3.05) is 17.3 Å². The molecule has 0 saturated carbocycles. The number of rotatable bonds is 4. The Bertz CT molecular complexity index is 540. The van der Waals surface area contributed by atoms with Gasteiger partial charge in [-0.15, -0.1) is 10.2 Å². The van der Waals surface area contributed by atoms with Crippen LogP contribution in [0.1, 0.15) is 6.42 Å². The van der Waals surface area contributed by atoms with Gasteiger partial charge in [0.1, 0.15) is 12.4 Å². The summed E-state index contributed by atoms with van der Waals surface area (Å²) in [5, 5.41) is 8.11. The van der Waals surface area contributed by atoms with E-state index in [0.717, 1.165) is 0 Å². The first-order chi connectivity index (χ1) is 8.46. The number of esters is 1. The molecule has 18 heavy (non-hydrogen) atoms. The van der Waals surface area contributed by atoms with Gasteiger partial charge in [0.15, 0.2) is 15.0 Å². The molecular formula is C9H13N3O4S2. The lowest BCUT2D eigenvalue weighted by Gasteiger charge is -2.09. The highest BCUT2D eigenvalue weighted by Gasteiger charge is 2.30. The first-order valence-electron chi connectivity index (χ1n) is 5.33. The van der Waals surface area contributed by atoms with E-state index in [0.29, 0.717) is 11.6 Å². The van der Waals surface area contributed by atoms with Gasteiger partial charge in [-0.05, 0) is 6.42 Å². The molecule has 0 aromatic carbocycles. The Morgan fingerprint density at radius 3 is 3.00 bits per heavy atom. The van der Waals surface area contributed by atoms with E-state index in [2.05, 4.69) is 10.2 Å². The van der Waals surface area contributed by atoms with Gasteiger partial charge in [-0.2, -0.15) is 0 Å². The first-order valence-corrected chi connectivity index (χ1v) is 8.14. The molecular weight excluding hydrogens is 278 g/mol. The van der Waals surface area contributed by atoms with Crippen molar-refractivity contribution in [2.24, 2.45) is 7.05 Å². The molecule has 9 heteroatoms. The van der Waals surface area contributed by atoms with E-state index >= 15 is 0 Å². The Morgan fingerprint density at radius 1 is 1.67 bits per heavy atom. The third-order valence-electron chi connectivity index (χ3n) is 2.48. The van der Waals surface area contributed by atoms with Crippen LogP contribution >= 0.6 is 11.8 Å². The molecule has 0 unspecified atom stereocenters. The van der Waals surface area contributed by atoms with Crippen LogP contribution in [0.5, 0.6) is 0 Å². The zero-order valence-electron chi connectivity index (χ0n) is 9.77. The van der Waals surface area contributed by atoms with Crippen LogP contribution in [0.3, 0.4) is 0 Å². The molecule has 7 nitrogen and oxygen atoms in total. The number of hydrogen-bond donors (Lipinski definition) is 0. The predicted molar refractivity (Wildman–Crippen MR) is 64.9 cm³/mol. The van der Waals surface area contributed by atoms with Gasteiger partial charge < -0.3 is 9.30 Å². The quantitative estimate of drug-likeness (QED) is 0.552. The third kappa shape index (κ3) is 3.45. The fourth-order valence-electron chi connectivity index (χ4n) is 1.60. The molecule has 100 valence electrons. The van der Waals surface area contributed by atoms with Crippen LogP contribution in [0.15, 0.2) is 11.5 Å². The third-order valence-corrected chi connectivity index (χ3v) is 5.22. The van der Waals surface area contributed by atoms with E-state index in [1.807, 2.05) is 0 Å². The Kier molecular flexibility index (Phi) is 3.91. The smallest absolute Gasteiger partial charge is 0.316 e. The van der Waals surface area contributed by atoms with E-state index in [-0.39, 0.29) is 17.3 Å². The van der Waals surface area contributed by atoms with Crippen molar-refractivity contribution in [3.63, 3.8) is 0 Å². The van der Waals surface area contributed by atoms with Crippen LogP contribution in [-0.2, 0) is 26.4 Å². The van der Waals surface area contributed by atoms with Crippen LogP contribution in [0, 0.1) is 0 Å². The van der Waals surface area contributed by atoms with Crippen LogP contribution in [0.25, 0.3) is 0 Å². The number of thioether (sulfide) groups is 1. The second kappa shape index (κ2) is 5.27. The molecule has 0 amide bonds. The zero-order chi connectivity index (χ0) is 13.2. The summed E-state index contributed by atoms with van der Waals surface area (Å²) in [6, 6.07) is 0. The van der Waals surface area contributed by atoms with Gasteiger partial charge in [0.05, 0.1) is 17.3 Å². The van der Waals surface area contributed by atoms with Crippen LogP contribution < -0.4 is 0 Å². The average Bonchev–Trinajstić information content (AvgIpc) is 2.82. The summed E-state index contributed by atoms with van der Waals surface area (Å²) in [6.07, 6.45) is 1.43. The summed E-state index contributed by atoms with van der Waals surface area (Å²) in [6.45, 7) is 0. The number of hydrogen-bond acceptors (Lipinski definition) is 7. The summed E-state index contributed by atoms with van der Waals surface area (Å²) in [5.74, 6) is -0.289. The normalized spacial score (nSPS) is 21.9. The first kappa shape index (κ1) is 13.3. The topological polar surface area (TPSA) is 91.2 Å². The van der Waals surface area contributed by atoms with Crippen LogP contribution in [-0.4, -0.2) is 52.5 Å². The van der Waals surface area contributed by atoms with Crippen LogP contribution in [0.4, 0.5) is 0 Å². The fourth-order valence-corrected chi connectivity index (χ4v) is 3.86. The van der Waals surface area contributed by atoms with E-state index < -0.39 is 21.9 Å². The van der Waals surface area contributed by atoms with E-state index in [1.54, 1.807) is 11.6 Å². The van der Waals surface area contributed by atoms with E-state index in [9.17, 15) is 13.2 Å². The van der Waals surface area contributed by atoms with Gasteiger partial charge in [0.2, 0.25) is 0 Å². The van der Waals surface area contributed by atoms with Gasteiger partial charge in [-0.3, -0.25) is 4.79 Å². The molecule has 0 N–H and O–H groups in total. The van der Waals surface area contributed by atoms with Gasteiger partial charge in [0.25, 0.3) is 0 Å². The zero-order valence-corrected chi connectivity index (χ0v) is 11.4. The molecule has 0 spiro atoms. The highest BCUT2D eigenvalue weighted by molar-refractivity contribution is 7.99. The number of aromatic nitrogens is 3. The number of carbonyl (C=O) groups is 1. The summed E-state index contributed by atoms with van der Waals surface area (Å²) in [5.41, 5.74) is 0. The number of ether oxygens (including phenoxy) is 1. The number of aryl methyl sites for hydroxylation is 1. The number of carbonyl (C=O) groups excluding carboxylic acids is 1. The Labute approximate surface area is 109 Å². The summed E-state index contributed by atoms with van der Waals surface area (Å²) >= 11 is 1.21. The monoisotopic (exact) mass is 291 g/mol. The van der Waals surface area contributed by atoms with Crippen molar-refractivity contribution < 1.29 is 17.9 Å². The van der Waals surface area contributed by atoms with Crippen molar-refractivity contribution in [2.45, 2.75) is 17.7 Å². The maximum atomic E-state index is 11.5. The van der Waals surface area contributed by atoms with Crippen molar-refractivity contribution in [3.05, 3.63) is 6.33 Å². The summed E-state index contributed by atoms with van der Waals surface area (Å²) < 4.78 is 29.2. The minimum Gasteiger partial charge on any atom is -0.461 e. The summed E-state index contributed by atoms with van der Waals surface area (Å²) in [7, 11) is -1.24. The maximum Gasteiger partial charge on any atom is 0.316 e. The fraction of sp³-hybridized carbons (Fsp3) is 0.667. The molecule has 0 radical (unpaired) electrons. The second-order valence-electron chi connectivity index (χ2n) is 4.03. The maximum absolute atomic E-state index is 11.5. The largest absolute Gasteiger partial charge is 0.461 e. The molecule has 0 bridgehead atoms. The minimum absolute atomic E-state index is 0.0621. The van der Waals surface area contributed by atoms with Gasteiger partial charge >= 0.3 is 5.97 Å². The molecule has 2 rings (SSSR count). The molecule has 1 saturated heterocycles. The van der Waals surface area contributed by atoms with E-state index in [1.165, 1.54) is 18.1 Å². The highest BCUT2D eigenvalue weighted by Crippen LogP contribution is 2.17. The minimum atomic E-state index is -3.02. The molecule has 2 heterocycles. The van der Waals surface area contributed by atoms with Gasteiger partial charge in [-0.25, -0.2) is 8.42 Å². The molecule has 1 aromatic heterocycles. The summed E-state index contributed by atoms with van der Waals surface area (Å²) in [4.78, 5) is 11.5. The van der Waals surface area contributed by atoms with E-state index in [4.69, 9.17) is 4.74 Å². The molecule has 1 aliphatic heterocycles.